The van der Waals surface area contributed by atoms with Crippen LogP contribution in [0.5, 0.6) is 0 Å². The van der Waals surface area contributed by atoms with E-state index in [9.17, 15) is 8.42 Å². The smallest absolute Gasteiger partial charge is 0.266 e. The van der Waals surface area contributed by atoms with E-state index in [2.05, 4.69) is 20.9 Å². The molecule has 0 saturated heterocycles. The van der Waals surface area contributed by atoms with E-state index in [1.165, 1.54) is 4.31 Å². The molecule has 0 bridgehead atoms. The van der Waals surface area contributed by atoms with E-state index in [-0.39, 0.29) is 0 Å². The number of aliphatic imine (C=N–C) groups is 1. The summed E-state index contributed by atoms with van der Waals surface area (Å²) in [5.41, 5.74) is 3.07. The molecule has 0 fully saturated rings. The van der Waals surface area contributed by atoms with Crippen LogP contribution in [0.1, 0.15) is 16.7 Å². The van der Waals surface area contributed by atoms with Crippen LogP contribution in [0, 0.1) is 13.8 Å². The van der Waals surface area contributed by atoms with E-state index < -0.39 is 10.0 Å². The molecule has 0 unspecified atom stereocenters. The fraction of sp³-hybridized carbons (Fsp3) is 0.278. The van der Waals surface area contributed by atoms with Crippen LogP contribution in [0.4, 0.5) is 0 Å². The number of rotatable bonds is 4. The number of nitrogens with zero attached hydrogens (tertiary/aromatic N) is 2. The van der Waals surface area contributed by atoms with Gasteiger partial charge in [-0.15, -0.1) is 0 Å². The van der Waals surface area contributed by atoms with Gasteiger partial charge in [-0.1, -0.05) is 30.3 Å². The lowest BCUT2D eigenvalue weighted by Crippen LogP contribution is -2.35. The van der Waals surface area contributed by atoms with Crippen molar-refractivity contribution in [2.24, 2.45) is 4.99 Å². The van der Waals surface area contributed by atoms with Crippen molar-refractivity contribution < 1.29 is 8.42 Å². The van der Waals surface area contributed by atoms with Gasteiger partial charge in [-0.2, -0.15) is 0 Å². The molecule has 0 N–H and O–H groups in total. The molecule has 0 aromatic heterocycles. The molecule has 2 aromatic carbocycles. The summed E-state index contributed by atoms with van der Waals surface area (Å²) in [6, 6.07) is 13.4. The highest BCUT2D eigenvalue weighted by molar-refractivity contribution is 9.10. The SMILES string of the molecule is Cc1cc(Br)c(S(=O)(=O)N2CCN=C2Cc2ccccc2)cc1C. The fourth-order valence-corrected chi connectivity index (χ4v) is 5.39. The average Bonchev–Trinajstić information content (AvgIpc) is 3.00. The Balaban J connectivity index is 1.95. The summed E-state index contributed by atoms with van der Waals surface area (Å²) in [6.07, 6.45) is 0.516. The second-order valence-electron chi connectivity index (χ2n) is 5.90. The lowest BCUT2D eigenvalue weighted by molar-refractivity contribution is 0.535. The van der Waals surface area contributed by atoms with E-state index in [4.69, 9.17) is 0 Å². The minimum Gasteiger partial charge on any atom is -0.269 e. The maximum Gasteiger partial charge on any atom is 0.266 e. The standard InChI is InChI=1S/C18H19BrN2O2S/c1-13-10-16(19)17(11-14(13)2)24(22,23)21-9-8-20-18(21)12-15-6-4-3-5-7-15/h3-7,10-11H,8-9,12H2,1-2H3. The summed E-state index contributed by atoms with van der Waals surface area (Å²) in [7, 11) is -3.62. The maximum atomic E-state index is 13.1. The Kier molecular flexibility index (Phi) is 4.78. The van der Waals surface area contributed by atoms with Crippen molar-refractivity contribution >= 4 is 31.8 Å². The van der Waals surface area contributed by atoms with Crippen molar-refractivity contribution in [2.45, 2.75) is 25.2 Å². The second kappa shape index (κ2) is 6.69. The zero-order valence-corrected chi connectivity index (χ0v) is 16.1. The molecule has 1 heterocycles. The Morgan fingerprint density at radius 3 is 2.50 bits per heavy atom. The lowest BCUT2D eigenvalue weighted by Gasteiger charge is -2.22. The predicted molar refractivity (Wildman–Crippen MR) is 100.0 cm³/mol. The Labute approximate surface area is 151 Å². The lowest BCUT2D eigenvalue weighted by atomic mass is 10.1. The van der Waals surface area contributed by atoms with Crippen LogP contribution >= 0.6 is 15.9 Å². The van der Waals surface area contributed by atoms with Gasteiger partial charge >= 0.3 is 0 Å². The van der Waals surface area contributed by atoms with Crippen LogP contribution in [0.3, 0.4) is 0 Å². The molecule has 0 radical (unpaired) electrons. The molecule has 1 aliphatic rings. The number of sulfonamides is 1. The van der Waals surface area contributed by atoms with Crippen LogP contribution in [-0.4, -0.2) is 31.6 Å². The van der Waals surface area contributed by atoms with E-state index in [1.54, 1.807) is 6.07 Å². The van der Waals surface area contributed by atoms with E-state index in [0.29, 0.717) is 34.7 Å². The Morgan fingerprint density at radius 2 is 1.79 bits per heavy atom. The highest BCUT2D eigenvalue weighted by Crippen LogP contribution is 2.29. The summed E-state index contributed by atoms with van der Waals surface area (Å²) >= 11 is 3.41. The molecule has 126 valence electrons. The molecular weight excluding hydrogens is 388 g/mol. The number of aryl methyl sites for hydroxylation is 2. The molecule has 2 aromatic rings. The van der Waals surface area contributed by atoms with Gasteiger partial charge in [0, 0.05) is 10.9 Å². The zero-order valence-electron chi connectivity index (χ0n) is 13.7. The maximum absolute atomic E-state index is 13.1. The van der Waals surface area contributed by atoms with Crippen molar-refractivity contribution in [1.82, 2.24) is 4.31 Å². The summed E-state index contributed by atoms with van der Waals surface area (Å²) in [5.74, 6) is 0.603. The molecule has 3 rings (SSSR count). The second-order valence-corrected chi connectivity index (χ2v) is 8.59. The van der Waals surface area contributed by atoms with Crippen LogP contribution in [-0.2, 0) is 16.4 Å². The van der Waals surface area contributed by atoms with Gasteiger partial charge in [0.15, 0.2) is 0 Å². The molecule has 24 heavy (non-hydrogen) atoms. The molecule has 4 nitrogen and oxygen atoms in total. The van der Waals surface area contributed by atoms with Crippen molar-refractivity contribution in [2.75, 3.05) is 13.1 Å². The molecule has 0 spiro atoms. The van der Waals surface area contributed by atoms with E-state index in [0.717, 1.165) is 16.7 Å². The quantitative estimate of drug-likeness (QED) is 0.776. The van der Waals surface area contributed by atoms with Gasteiger partial charge in [0.05, 0.1) is 13.1 Å². The van der Waals surface area contributed by atoms with Gasteiger partial charge in [0.1, 0.15) is 10.7 Å². The minimum atomic E-state index is -3.62. The van der Waals surface area contributed by atoms with Gasteiger partial charge in [-0.05, 0) is 58.6 Å². The van der Waals surface area contributed by atoms with Gasteiger partial charge in [0.25, 0.3) is 10.0 Å². The number of hydrogen-bond donors (Lipinski definition) is 0. The van der Waals surface area contributed by atoms with Gasteiger partial charge < -0.3 is 0 Å². The molecule has 0 saturated carbocycles. The molecule has 1 aliphatic heterocycles. The summed E-state index contributed by atoms with van der Waals surface area (Å²) < 4.78 is 28.3. The van der Waals surface area contributed by atoms with Crippen LogP contribution in [0.25, 0.3) is 0 Å². The first-order valence-electron chi connectivity index (χ1n) is 7.76. The molecular formula is C18H19BrN2O2S. The zero-order chi connectivity index (χ0) is 17.3. The van der Waals surface area contributed by atoms with Gasteiger partial charge in [-0.3, -0.25) is 9.30 Å². The highest BCUT2D eigenvalue weighted by atomic mass is 79.9. The van der Waals surface area contributed by atoms with Crippen LogP contribution in [0.2, 0.25) is 0 Å². The molecule has 6 heteroatoms. The van der Waals surface area contributed by atoms with E-state index >= 15 is 0 Å². The summed E-state index contributed by atoms with van der Waals surface area (Å²) in [5, 5.41) is 0. The van der Waals surface area contributed by atoms with Gasteiger partial charge in [-0.25, -0.2) is 8.42 Å². The Hall–Kier alpha value is -1.66. The average molecular weight is 407 g/mol. The topological polar surface area (TPSA) is 49.7 Å². The van der Waals surface area contributed by atoms with E-state index in [1.807, 2.05) is 50.2 Å². The third-order valence-corrected chi connectivity index (χ3v) is 6.99. The third-order valence-electron chi connectivity index (χ3n) is 4.21. The molecule has 0 amide bonds. The predicted octanol–water partition coefficient (Wildman–Crippen LogP) is 3.71. The third kappa shape index (κ3) is 3.26. The van der Waals surface area contributed by atoms with Crippen molar-refractivity contribution in [3.63, 3.8) is 0 Å². The highest BCUT2D eigenvalue weighted by Gasteiger charge is 2.32. The van der Waals surface area contributed by atoms with Crippen molar-refractivity contribution in [3.05, 3.63) is 63.6 Å². The first-order chi connectivity index (χ1) is 11.4. The van der Waals surface area contributed by atoms with Crippen molar-refractivity contribution in [3.8, 4) is 0 Å². The first-order valence-corrected chi connectivity index (χ1v) is 9.99. The largest absolute Gasteiger partial charge is 0.269 e. The first kappa shape index (κ1) is 17.2. The minimum absolute atomic E-state index is 0.299. The van der Waals surface area contributed by atoms with Gasteiger partial charge in [0.2, 0.25) is 0 Å². The molecule has 0 aliphatic carbocycles. The number of hydrogen-bond acceptors (Lipinski definition) is 3. The Morgan fingerprint density at radius 1 is 1.12 bits per heavy atom. The molecule has 0 atom stereocenters. The fourth-order valence-electron chi connectivity index (χ4n) is 2.73. The normalized spacial score (nSPS) is 14.8. The summed E-state index contributed by atoms with van der Waals surface area (Å²) in [4.78, 5) is 4.72. The van der Waals surface area contributed by atoms with Crippen LogP contribution in [0.15, 0.2) is 56.8 Å². The number of amidine groups is 1. The van der Waals surface area contributed by atoms with Crippen LogP contribution < -0.4 is 0 Å². The summed E-state index contributed by atoms with van der Waals surface area (Å²) in [6.45, 7) is 4.78. The monoisotopic (exact) mass is 406 g/mol. The Bertz CT molecular complexity index is 893. The number of benzene rings is 2. The number of halogens is 1. The van der Waals surface area contributed by atoms with Crippen molar-refractivity contribution in [1.29, 1.82) is 0 Å².